The second-order valence-electron chi connectivity index (χ2n) is 2.29. The highest BCUT2D eigenvalue weighted by molar-refractivity contribution is 9.12. The van der Waals surface area contributed by atoms with E-state index in [1.54, 1.807) is 0 Å². The molecule has 14 heavy (non-hydrogen) atoms. The molecule has 0 aromatic heterocycles. The van der Waals surface area contributed by atoms with Gasteiger partial charge in [0.25, 0.3) is 0 Å². The first kappa shape index (κ1) is 14.2. The van der Waals surface area contributed by atoms with Crippen molar-refractivity contribution in [2.24, 2.45) is 0 Å². The van der Waals surface area contributed by atoms with E-state index >= 15 is 0 Å². The maximum Gasteiger partial charge on any atom is 0.340 e. The van der Waals surface area contributed by atoms with Gasteiger partial charge >= 0.3 is 18.3 Å². The number of ether oxygens (including phenoxy) is 1. The minimum absolute atomic E-state index is 0.145. The quantitative estimate of drug-likeness (QED) is 0.435. The van der Waals surface area contributed by atoms with Crippen molar-refractivity contribution >= 4 is 37.8 Å². The zero-order valence-electron chi connectivity index (χ0n) is 6.65. The molecule has 84 valence electrons. The summed E-state index contributed by atoms with van der Waals surface area (Å²) in [7, 11) is 0. The molecule has 0 bridgehead atoms. The minimum Gasteiger partial charge on any atom is -0.458 e. The van der Waals surface area contributed by atoms with E-state index in [4.69, 9.17) is 0 Å². The van der Waals surface area contributed by atoms with Gasteiger partial charge in [0.1, 0.15) is 4.83 Å². The number of alkyl halides is 6. The van der Waals surface area contributed by atoms with Crippen LogP contribution in [0, 0.1) is 0 Å². The third kappa shape index (κ3) is 4.59. The second-order valence-corrected chi connectivity index (χ2v) is 4.04. The van der Waals surface area contributed by atoms with Crippen LogP contribution in [0.1, 0.15) is 0 Å². The van der Waals surface area contributed by atoms with Crippen LogP contribution < -0.4 is 0 Å². The monoisotopic (exact) mass is 344 g/mol. The Balaban J connectivity index is 4.00. The third-order valence-corrected chi connectivity index (χ3v) is 3.33. The fourth-order valence-corrected chi connectivity index (χ4v) is 0.780. The fourth-order valence-electron chi connectivity index (χ4n) is 0.384. The first-order chi connectivity index (χ1) is 6.31. The van der Waals surface area contributed by atoms with Gasteiger partial charge in [0, 0.05) is 5.33 Å². The van der Waals surface area contributed by atoms with Crippen LogP contribution in [0.4, 0.5) is 17.6 Å². The number of halogens is 6. The van der Waals surface area contributed by atoms with Gasteiger partial charge in [-0.25, -0.2) is 8.78 Å². The van der Waals surface area contributed by atoms with Crippen molar-refractivity contribution in [3.05, 3.63) is 0 Å². The van der Waals surface area contributed by atoms with Gasteiger partial charge in [-0.15, -0.1) is 0 Å². The molecule has 2 nitrogen and oxygen atoms in total. The molecule has 0 aliphatic rings. The van der Waals surface area contributed by atoms with Gasteiger partial charge in [0.05, 0.1) is 0 Å². The highest BCUT2D eigenvalue weighted by Crippen LogP contribution is 2.23. The van der Waals surface area contributed by atoms with Crippen LogP contribution >= 0.6 is 31.9 Å². The summed E-state index contributed by atoms with van der Waals surface area (Å²) in [5.74, 6) is -5.31. The van der Waals surface area contributed by atoms with Crippen LogP contribution in [0.25, 0.3) is 0 Å². The molecule has 1 atom stereocenters. The topological polar surface area (TPSA) is 26.3 Å². The van der Waals surface area contributed by atoms with E-state index in [-0.39, 0.29) is 5.33 Å². The molecule has 0 heterocycles. The summed E-state index contributed by atoms with van der Waals surface area (Å²) in [4.78, 5) is 9.94. The summed E-state index contributed by atoms with van der Waals surface area (Å²) in [6.07, 6.45) is -3.84. The summed E-state index contributed by atoms with van der Waals surface area (Å²) in [5.41, 5.74) is 0. The molecular formula is C6H6Br2F4O2. The van der Waals surface area contributed by atoms with Crippen LogP contribution in [0.15, 0.2) is 0 Å². The molecule has 0 radical (unpaired) electrons. The zero-order chi connectivity index (χ0) is 11.4. The Morgan fingerprint density at radius 1 is 1.43 bits per heavy atom. The number of hydrogen-bond donors (Lipinski definition) is 0. The first-order valence-electron chi connectivity index (χ1n) is 3.34. The maximum absolute atomic E-state index is 12.2. The van der Waals surface area contributed by atoms with E-state index in [9.17, 15) is 22.4 Å². The summed E-state index contributed by atoms with van der Waals surface area (Å²) in [5, 5.41) is 0.145. The van der Waals surface area contributed by atoms with Gasteiger partial charge in [-0.2, -0.15) is 8.78 Å². The first-order valence-corrected chi connectivity index (χ1v) is 5.37. The Bertz CT molecular complexity index is 200. The van der Waals surface area contributed by atoms with Crippen molar-refractivity contribution < 1.29 is 27.1 Å². The number of esters is 1. The van der Waals surface area contributed by atoms with Crippen molar-refractivity contribution in [1.82, 2.24) is 0 Å². The van der Waals surface area contributed by atoms with Gasteiger partial charge in [-0.05, 0) is 0 Å². The fraction of sp³-hybridized carbons (Fsp3) is 0.833. The van der Waals surface area contributed by atoms with E-state index in [0.717, 1.165) is 0 Å². The second kappa shape index (κ2) is 5.89. The molecule has 0 spiro atoms. The molecule has 0 amide bonds. The lowest BCUT2D eigenvalue weighted by Gasteiger charge is -2.15. The maximum atomic E-state index is 12.2. The molecule has 0 aromatic carbocycles. The van der Waals surface area contributed by atoms with Gasteiger partial charge in [-0.1, -0.05) is 31.9 Å². The standard InChI is InChI=1S/C6H6Br2F4O2/c7-1-3(8)4(13)14-2-6(11,12)5(9)10/h3,5H,1-2H2/t3-/m0/s1. The zero-order valence-corrected chi connectivity index (χ0v) is 9.83. The largest absolute Gasteiger partial charge is 0.458 e. The SMILES string of the molecule is O=C(OCC(F)(F)C(F)F)[C@@H](Br)CBr. The van der Waals surface area contributed by atoms with Gasteiger partial charge in [-0.3, -0.25) is 4.79 Å². The van der Waals surface area contributed by atoms with Crippen LogP contribution in [0.2, 0.25) is 0 Å². The van der Waals surface area contributed by atoms with Gasteiger partial charge in [0.15, 0.2) is 6.61 Å². The Morgan fingerprint density at radius 3 is 2.29 bits per heavy atom. The minimum atomic E-state index is -4.30. The van der Waals surface area contributed by atoms with Crippen LogP contribution in [0.5, 0.6) is 0 Å². The molecule has 0 rings (SSSR count). The van der Waals surface area contributed by atoms with E-state index in [1.807, 2.05) is 0 Å². The Kier molecular flexibility index (Phi) is 5.96. The summed E-state index contributed by atoms with van der Waals surface area (Å²) in [6, 6.07) is 0. The number of carbonyl (C=O) groups is 1. The van der Waals surface area contributed by atoms with Crippen LogP contribution in [-0.2, 0) is 9.53 Å². The third-order valence-electron chi connectivity index (χ3n) is 1.12. The van der Waals surface area contributed by atoms with E-state index in [0.29, 0.717) is 0 Å². The normalized spacial score (nSPS) is 14.2. The lowest BCUT2D eigenvalue weighted by molar-refractivity contribution is -0.178. The Hall–Kier alpha value is 0.150. The number of rotatable bonds is 5. The Labute approximate surface area is 94.2 Å². The molecule has 0 N–H and O–H groups in total. The average Bonchev–Trinajstić information content (AvgIpc) is 2.12. The predicted molar refractivity (Wildman–Crippen MR) is 48.4 cm³/mol. The highest BCUT2D eigenvalue weighted by atomic mass is 79.9. The highest BCUT2D eigenvalue weighted by Gasteiger charge is 2.42. The van der Waals surface area contributed by atoms with Crippen molar-refractivity contribution in [2.75, 3.05) is 11.9 Å². The molecule has 0 saturated carbocycles. The van der Waals surface area contributed by atoms with E-state index in [1.165, 1.54) is 0 Å². The van der Waals surface area contributed by atoms with E-state index in [2.05, 4.69) is 36.6 Å². The molecule has 0 fully saturated rings. The molecule has 0 saturated heterocycles. The van der Waals surface area contributed by atoms with Crippen molar-refractivity contribution in [2.45, 2.75) is 17.2 Å². The van der Waals surface area contributed by atoms with Crippen LogP contribution in [-0.4, -0.2) is 35.1 Å². The lowest BCUT2D eigenvalue weighted by Crippen LogP contribution is -2.35. The summed E-state index contributed by atoms with van der Waals surface area (Å²) >= 11 is 5.67. The summed E-state index contributed by atoms with van der Waals surface area (Å²) < 4.78 is 51.6. The molecule has 0 aliphatic heterocycles. The van der Waals surface area contributed by atoms with Crippen molar-refractivity contribution in [1.29, 1.82) is 0 Å². The molecular weight excluding hydrogens is 340 g/mol. The van der Waals surface area contributed by atoms with Crippen molar-refractivity contribution in [3.8, 4) is 0 Å². The van der Waals surface area contributed by atoms with Crippen LogP contribution in [0.3, 0.4) is 0 Å². The predicted octanol–water partition coefficient (Wildman–Crippen LogP) is 2.59. The molecule has 0 unspecified atom stereocenters. The van der Waals surface area contributed by atoms with Gasteiger partial charge in [0.2, 0.25) is 0 Å². The number of hydrogen-bond acceptors (Lipinski definition) is 2. The van der Waals surface area contributed by atoms with Gasteiger partial charge < -0.3 is 4.74 Å². The summed E-state index contributed by atoms with van der Waals surface area (Å²) in [6.45, 7) is -1.61. The smallest absolute Gasteiger partial charge is 0.340 e. The number of carbonyl (C=O) groups excluding carboxylic acids is 1. The average molecular weight is 346 g/mol. The molecule has 0 aliphatic carbocycles. The molecule has 0 aromatic rings. The van der Waals surface area contributed by atoms with Crippen molar-refractivity contribution in [3.63, 3.8) is 0 Å². The molecule has 8 heteroatoms. The lowest BCUT2D eigenvalue weighted by atomic mass is 10.4. The Morgan fingerprint density at radius 2 is 1.93 bits per heavy atom. The van der Waals surface area contributed by atoms with E-state index < -0.39 is 29.8 Å².